The van der Waals surface area contributed by atoms with Crippen molar-refractivity contribution in [1.29, 1.82) is 0 Å². The van der Waals surface area contributed by atoms with Crippen LogP contribution in [0.25, 0.3) is 0 Å². The Kier molecular flexibility index (Phi) is 6.08. The van der Waals surface area contributed by atoms with Crippen molar-refractivity contribution in [1.82, 2.24) is 0 Å². The Labute approximate surface area is 123 Å². The second-order valence-corrected chi connectivity index (χ2v) is 5.79. The van der Waals surface area contributed by atoms with E-state index in [0.717, 1.165) is 11.1 Å². The average molecular weight is 308 g/mol. The maximum absolute atomic E-state index is 11.3. The molecule has 6 heteroatoms. The van der Waals surface area contributed by atoms with Crippen LogP contribution in [0.2, 0.25) is 0 Å². The van der Waals surface area contributed by atoms with Crippen LogP contribution in [0.1, 0.15) is 17.0 Å². The van der Waals surface area contributed by atoms with Gasteiger partial charge < -0.3 is 5.11 Å². The largest absolute Gasteiger partial charge is 0.481 e. The first kappa shape index (κ1) is 16.9. The third kappa shape index (κ3) is 6.69. The van der Waals surface area contributed by atoms with Crippen LogP contribution in [0.3, 0.4) is 0 Å². The van der Waals surface area contributed by atoms with Gasteiger partial charge in [-0.25, -0.2) is 0 Å². The average Bonchev–Trinajstić information content (AvgIpc) is 2.39. The highest BCUT2D eigenvalue weighted by Gasteiger charge is 2.20. The van der Waals surface area contributed by atoms with E-state index in [9.17, 15) is 18.3 Å². The summed E-state index contributed by atoms with van der Waals surface area (Å²) in [6, 6.07) is 18.5. The van der Waals surface area contributed by atoms with Gasteiger partial charge in [-0.3, -0.25) is 9.35 Å². The van der Waals surface area contributed by atoms with Crippen LogP contribution in [0, 0.1) is 0 Å². The Morgan fingerprint density at radius 2 is 1.19 bits per heavy atom. The van der Waals surface area contributed by atoms with Crippen molar-refractivity contribution in [3.63, 3.8) is 0 Å². The van der Waals surface area contributed by atoms with Crippen LogP contribution in [0.15, 0.2) is 60.7 Å². The number of rotatable bonds is 3. The Morgan fingerprint density at radius 1 is 0.905 bits per heavy atom. The molecule has 0 fully saturated rings. The standard InChI is InChI=1S/C14H12O2.CH4O3S/c15-14(16)13(11-7-3-1-4-8-11)12-9-5-2-6-10-12;1-5(2,3)4/h1-10,13H,(H,15,16);1H3,(H,2,3,4). The molecule has 2 aromatic rings. The fourth-order valence-electron chi connectivity index (χ4n) is 1.77. The van der Waals surface area contributed by atoms with Crippen molar-refractivity contribution in [3.05, 3.63) is 71.8 Å². The SMILES string of the molecule is CS(=O)(=O)O.O=C(O)C(c1ccccc1)c1ccccc1. The molecule has 0 bridgehead atoms. The number of aliphatic carboxylic acids is 1. The van der Waals surface area contributed by atoms with E-state index in [4.69, 9.17) is 4.55 Å². The Bertz CT molecular complexity index is 618. The molecule has 2 rings (SSSR count). The lowest BCUT2D eigenvalue weighted by Gasteiger charge is -2.12. The first-order chi connectivity index (χ1) is 9.79. The van der Waals surface area contributed by atoms with E-state index in [1.165, 1.54) is 0 Å². The predicted octanol–water partition coefficient (Wildman–Crippen LogP) is 2.41. The second-order valence-electron chi connectivity index (χ2n) is 4.33. The fraction of sp³-hybridized carbons (Fsp3) is 0.133. The minimum atomic E-state index is -3.67. The number of hydrogen-bond acceptors (Lipinski definition) is 3. The molecular formula is C15H16O5S. The van der Waals surface area contributed by atoms with Crippen molar-refractivity contribution in [2.45, 2.75) is 5.92 Å². The van der Waals surface area contributed by atoms with Gasteiger partial charge in [0.05, 0.1) is 6.26 Å². The summed E-state index contributed by atoms with van der Waals surface area (Å²) in [7, 11) is -3.67. The van der Waals surface area contributed by atoms with Gasteiger partial charge in [-0.1, -0.05) is 60.7 Å². The zero-order chi connectivity index (χ0) is 15.9. The number of carboxylic acid groups (broad SMARTS) is 1. The number of hydrogen-bond donors (Lipinski definition) is 2. The minimum Gasteiger partial charge on any atom is -0.481 e. The first-order valence-corrected chi connectivity index (χ1v) is 7.89. The summed E-state index contributed by atoms with van der Waals surface area (Å²) in [5.41, 5.74) is 1.61. The van der Waals surface area contributed by atoms with E-state index in [-0.39, 0.29) is 0 Å². The van der Waals surface area contributed by atoms with E-state index in [1.54, 1.807) is 0 Å². The second kappa shape index (κ2) is 7.56. The van der Waals surface area contributed by atoms with Crippen LogP contribution in [0.4, 0.5) is 0 Å². The van der Waals surface area contributed by atoms with Crippen LogP contribution < -0.4 is 0 Å². The van der Waals surface area contributed by atoms with Gasteiger partial charge in [0.15, 0.2) is 0 Å². The van der Waals surface area contributed by atoms with Gasteiger partial charge in [0.2, 0.25) is 0 Å². The summed E-state index contributed by atoms with van der Waals surface area (Å²) in [5, 5.41) is 9.28. The molecule has 0 unspecified atom stereocenters. The highest BCUT2D eigenvalue weighted by molar-refractivity contribution is 7.85. The molecule has 2 aromatic carbocycles. The van der Waals surface area contributed by atoms with Crippen molar-refractivity contribution in [2.75, 3.05) is 6.26 Å². The van der Waals surface area contributed by atoms with Crippen LogP contribution in [0.5, 0.6) is 0 Å². The van der Waals surface area contributed by atoms with E-state index >= 15 is 0 Å². The summed E-state index contributed by atoms with van der Waals surface area (Å²) in [5.74, 6) is -1.40. The van der Waals surface area contributed by atoms with E-state index in [2.05, 4.69) is 0 Å². The van der Waals surface area contributed by atoms with E-state index in [0.29, 0.717) is 6.26 Å². The lowest BCUT2D eigenvalue weighted by Crippen LogP contribution is -2.12. The van der Waals surface area contributed by atoms with Crippen LogP contribution in [-0.4, -0.2) is 30.3 Å². The number of carboxylic acids is 1. The lowest BCUT2D eigenvalue weighted by molar-refractivity contribution is -0.137. The lowest BCUT2D eigenvalue weighted by atomic mass is 9.92. The summed E-state index contributed by atoms with van der Waals surface area (Å²) >= 11 is 0. The molecule has 0 aromatic heterocycles. The van der Waals surface area contributed by atoms with Gasteiger partial charge in [-0.2, -0.15) is 8.42 Å². The van der Waals surface area contributed by atoms with Crippen molar-refractivity contribution >= 4 is 16.1 Å². The van der Waals surface area contributed by atoms with Crippen LogP contribution in [-0.2, 0) is 14.9 Å². The maximum Gasteiger partial charge on any atom is 0.315 e. The van der Waals surface area contributed by atoms with Crippen LogP contribution >= 0.6 is 0 Å². The molecule has 0 spiro atoms. The Hall–Kier alpha value is -2.18. The molecule has 0 saturated heterocycles. The minimum absolute atomic E-state index is 0.581. The normalized spacial score (nSPS) is 10.6. The summed E-state index contributed by atoms with van der Waals surface area (Å²) in [4.78, 5) is 11.3. The topological polar surface area (TPSA) is 91.7 Å². The zero-order valence-electron chi connectivity index (χ0n) is 11.4. The molecule has 21 heavy (non-hydrogen) atoms. The molecule has 0 saturated carbocycles. The quantitative estimate of drug-likeness (QED) is 0.850. The van der Waals surface area contributed by atoms with Gasteiger partial charge in [-0.05, 0) is 11.1 Å². The van der Waals surface area contributed by atoms with Gasteiger partial charge in [-0.15, -0.1) is 0 Å². The molecule has 0 radical (unpaired) electrons. The molecule has 112 valence electrons. The van der Waals surface area contributed by atoms with Crippen molar-refractivity contribution in [3.8, 4) is 0 Å². The fourth-order valence-corrected chi connectivity index (χ4v) is 1.77. The molecule has 0 atom stereocenters. The third-order valence-corrected chi connectivity index (χ3v) is 2.51. The highest BCUT2D eigenvalue weighted by Crippen LogP contribution is 2.24. The Morgan fingerprint density at radius 3 is 1.43 bits per heavy atom. The van der Waals surface area contributed by atoms with Gasteiger partial charge in [0, 0.05) is 0 Å². The van der Waals surface area contributed by atoms with Crippen molar-refractivity contribution < 1.29 is 22.9 Å². The zero-order valence-corrected chi connectivity index (χ0v) is 12.2. The summed E-state index contributed by atoms with van der Waals surface area (Å²) in [6.45, 7) is 0. The molecular weight excluding hydrogens is 292 g/mol. The third-order valence-electron chi connectivity index (χ3n) is 2.51. The van der Waals surface area contributed by atoms with E-state index < -0.39 is 22.0 Å². The van der Waals surface area contributed by atoms with Gasteiger partial charge in [0.25, 0.3) is 10.1 Å². The molecule has 0 aliphatic carbocycles. The van der Waals surface area contributed by atoms with Crippen molar-refractivity contribution in [2.24, 2.45) is 0 Å². The molecule has 2 N–H and O–H groups in total. The number of carbonyl (C=O) groups is 1. The van der Waals surface area contributed by atoms with Gasteiger partial charge >= 0.3 is 5.97 Å². The molecule has 0 aliphatic rings. The molecule has 0 heterocycles. The van der Waals surface area contributed by atoms with Gasteiger partial charge in [0.1, 0.15) is 5.92 Å². The smallest absolute Gasteiger partial charge is 0.315 e. The monoisotopic (exact) mass is 308 g/mol. The van der Waals surface area contributed by atoms with E-state index in [1.807, 2.05) is 60.7 Å². The molecule has 0 aliphatic heterocycles. The predicted molar refractivity (Wildman–Crippen MR) is 79.8 cm³/mol. The summed E-state index contributed by atoms with van der Waals surface area (Å²) < 4.78 is 25.9. The first-order valence-electron chi connectivity index (χ1n) is 6.04. The maximum atomic E-state index is 11.3. The molecule has 0 amide bonds. The molecule has 5 nitrogen and oxygen atoms in total. The highest BCUT2D eigenvalue weighted by atomic mass is 32.2. The summed E-state index contributed by atoms with van der Waals surface area (Å²) in [6.07, 6.45) is 0.715. The number of benzene rings is 2. The Balaban J connectivity index is 0.000000383.